The number of carbonyl (C=O) groups is 2. The summed E-state index contributed by atoms with van der Waals surface area (Å²) in [4.78, 5) is 38.8. The van der Waals surface area contributed by atoms with Gasteiger partial charge in [0.2, 0.25) is 5.91 Å². The summed E-state index contributed by atoms with van der Waals surface area (Å²) in [6, 6.07) is 4.89. The first kappa shape index (κ1) is 27.4. The van der Waals surface area contributed by atoms with Gasteiger partial charge in [-0.25, -0.2) is 8.42 Å². The summed E-state index contributed by atoms with van der Waals surface area (Å²) in [6.45, 7) is -0.340. The van der Waals surface area contributed by atoms with Gasteiger partial charge in [0.05, 0.1) is 16.5 Å². The van der Waals surface area contributed by atoms with Crippen LogP contribution < -0.4 is 27.1 Å². The molecular formula is C20H23F3N6O5S. The van der Waals surface area contributed by atoms with Gasteiger partial charge < -0.3 is 26.1 Å². The summed E-state index contributed by atoms with van der Waals surface area (Å²) >= 11 is 0. The zero-order valence-corrected chi connectivity index (χ0v) is 19.0. The third-order valence-electron chi connectivity index (χ3n) is 4.54. The number of rotatable bonds is 11. The highest BCUT2D eigenvalue weighted by molar-refractivity contribution is 7.92. The van der Waals surface area contributed by atoms with E-state index in [2.05, 4.69) is 10.3 Å². The van der Waals surface area contributed by atoms with Crippen molar-refractivity contribution in [1.82, 2.24) is 9.88 Å². The largest absolute Gasteiger partial charge is 0.417 e. The zero-order chi connectivity index (χ0) is 26.2. The van der Waals surface area contributed by atoms with Crippen LogP contribution in [0.3, 0.4) is 0 Å². The first-order chi connectivity index (χ1) is 16.3. The number of hydrogen-bond acceptors (Lipinski definition) is 6. The van der Waals surface area contributed by atoms with Crippen LogP contribution in [0.2, 0.25) is 0 Å². The molecule has 0 aliphatic carbocycles. The lowest BCUT2D eigenvalue weighted by Gasteiger charge is -2.15. The van der Waals surface area contributed by atoms with Crippen molar-refractivity contribution in [2.45, 2.75) is 36.5 Å². The third kappa shape index (κ3) is 7.84. The Bertz CT molecular complexity index is 1260. The summed E-state index contributed by atoms with van der Waals surface area (Å²) in [7, 11) is -4.80. The molecular weight excluding hydrogens is 493 g/mol. The van der Waals surface area contributed by atoms with Crippen LogP contribution in [0.1, 0.15) is 18.4 Å². The minimum absolute atomic E-state index is 0.117. The van der Waals surface area contributed by atoms with E-state index in [1.807, 2.05) is 4.72 Å². The second kappa shape index (κ2) is 11.5. The van der Waals surface area contributed by atoms with Crippen LogP contribution in [0, 0.1) is 0 Å². The van der Waals surface area contributed by atoms with E-state index >= 15 is 0 Å². The normalized spacial score (nSPS) is 12.4. The molecule has 0 saturated heterocycles. The number of pyridine rings is 1. The maximum atomic E-state index is 13.2. The molecule has 1 unspecified atom stereocenters. The molecule has 6 N–H and O–H groups in total. The average Bonchev–Trinajstić information content (AvgIpc) is 2.77. The van der Waals surface area contributed by atoms with Crippen LogP contribution in [0.25, 0.3) is 0 Å². The molecule has 15 heteroatoms. The van der Waals surface area contributed by atoms with Gasteiger partial charge in [0.1, 0.15) is 18.5 Å². The first-order valence-electron chi connectivity index (χ1n) is 10.0. The predicted octanol–water partition coefficient (Wildman–Crippen LogP) is 0.405. The van der Waals surface area contributed by atoms with Crippen LogP contribution in [-0.4, -0.2) is 43.7 Å². The minimum atomic E-state index is -4.95. The van der Waals surface area contributed by atoms with Crippen molar-refractivity contribution in [2.24, 2.45) is 16.5 Å². The van der Waals surface area contributed by atoms with Crippen molar-refractivity contribution < 1.29 is 31.2 Å². The lowest BCUT2D eigenvalue weighted by atomic mass is 10.2. The fourth-order valence-corrected chi connectivity index (χ4v) is 4.26. The number of carbonyl (C=O) groups excluding carboxylic acids is 2. The van der Waals surface area contributed by atoms with Crippen LogP contribution >= 0.6 is 0 Å². The number of nitrogens with one attached hydrogen (secondary N) is 2. The molecule has 0 radical (unpaired) electrons. The highest BCUT2D eigenvalue weighted by Crippen LogP contribution is 2.34. The molecule has 0 aliphatic rings. The Hall–Kier alpha value is -3.88. The number of guanidine groups is 1. The van der Waals surface area contributed by atoms with E-state index in [9.17, 15) is 36.0 Å². The Balaban J connectivity index is 2.16. The van der Waals surface area contributed by atoms with Gasteiger partial charge in [0.25, 0.3) is 15.6 Å². The van der Waals surface area contributed by atoms with Crippen molar-refractivity contribution in [2.75, 3.05) is 11.3 Å². The number of benzene rings is 1. The van der Waals surface area contributed by atoms with Gasteiger partial charge in [0, 0.05) is 12.7 Å². The van der Waals surface area contributed by atoms with Crippen molar-refractivity contribution >= 4 is 33.9 Å². The molecule has 190 valence electrons. The second-order valence-corrected chi connectivity index (χ2v) is 8.86. The second-order valence-electron chi connectivity index (χ2n) is 7.21. The van der Waals surface area contributed by atoms with Crippen LogP contribution in [0.15, 0.2) is 57.3 Å². The lowest BCUT2D eigenvalue weighted by molar-refractivity contribution is -0.139. The van der Waals surface area contributed by atoms with Crippen LogP contribution in [0.4, 0.5) is 18.9 Å². The molecule has 1 aromatic carbocycles. The highest BCUT2D eigenvalue weighted by Gasteiger charge is 2.37. The number of nitrogens with zero attached hydrogens (tertiary/aromatic N) is 2. The Morgan fingerprint density at radius 3 is 2.49 bits per heavy atom. The summed E-state index contributed by atoms with van der Waals surface area (Å²) in [5, 5.41) is 2.41. The summed E-state index contributed by atoms with van der Waals surface area (Å²) < 4.78 is 67.6. The Kier molecular flexibility index (Phi) is 8.99. The number of halogens is 3. The zero-order valence-electron chi connectivity index (χ0n) is 18.2. The van der Waals surface area contributed by atoms with Gasteiger partial charge in [-0.2, -0.15) is 13.2 Å². The fraction of sp³-hybridized carbons (Fsp3) is 0.300. The minimum Gasteiger partial charge on any atom is -0.370 e. The summed E-state index contributed by atoms with van der Waals surface area (Å²) in [5.41, 5.74) is 7.44. The number of sulfonamides is 1. The van der Waals surface area contributed by atoms with Gasteiger partial charge in [-0.3, -0.25) is 19.3 Å². The highest BCUT2D eigenvalue weighted by atomic mass is 32.2. The Morgan fingerprint density at radius 1 is 1.17 bits per heavy atom. The van der Waals surface area contributed by atoms with Crippen molar-refractivity contribution in [3.05, 3.63) is 58.5 Å². The van der Waals surface area contributed by atoms with Gasteiger partial charge in [0.15, 0.2) is 5.96 Å². The number of aliphatic imine (C=N–C) groups is 1. The lowest BCUT2D eigenvalue weighted by Crippen LogP contribution is -2.40. The number of aldehydes is 1. The maximum Gasteiger partial charge on any atom is 0.417 e. The Morgan fingerprint density at radius 2 is 1.86 bits per heavy atom. The molecule has 0 aliphatic heterocycles. The maximum absolute atomic E-state index is 13.2. The summed E-state index contributed by atoms with van der Waals surface area (Å²) in [6.07, 6.45) is -2.66. The topological polar surface area (TPSA) is 179 Å². The standard InChI is InChI=1S/C20H23F3N6O5S/c21-20(22,23)14-6-1-2-8-16(14)35(33,34)28-15-7-4-10-29(18(15)32)11-17(31)27-13(12-30)5-3-9-26-19(24)25/h1-2,4,6-8,10,12-13,28H,3,5,9,11H2,(H,27,31)(H4,24,25,26). The van der Waals surface area contributed by atoms with E-state index in [0.717, 1.165) is 28.8 Å². The molecule has 35 heavy (non-hydrogen) atoms. The molecule has 1 amide bonds. The van der Waals surface area contributed by atoms with Gasteiger partial charge >= 0.3 is 6.18 Å². The molecule has 1 atom stereocenters. The predicted molar refractivity (Wildman–Crippen MR) is 121 cm³/mol. The summed E-state index contributed by atoms with van der Waals surface area (Å²) in [5.74, 6) is -0.845. The number of nitrogens with two attached hydrogens (primary N) is 2. The van der Waals surface area contributed by atoms with Crippen molar-refractivity contribution in [3.8, 4) is 0 Å². The number of alkyl halides is 3. The average molecular weight is 517 g/mol. The molecule has 0 fully saturated rings. The quantitative estimate of drug-likeness (QED) is 0.144. The molecule has 0 spiro atoms. The number of aromatic nitrogens is 1. The van der Waals surface area contributed by atoms with E-state index in [4.69, 9.17) is 11.5 Å². The molecule has 2 rings (SSSR count). The smallest absolute Gasteiger partial charge is 0.370 e. The first-order valence-corrected chi connectivity index (χ1v) is 11.5. The van der Waals surface area contributed by atoms with Crippen molar-refractivity contribution in [3.63, 3.8) is 0 Å². The number of hydrogen-bond donors (Lipinski definition) is 4. The fourth-order valence-electron chi connectivity index (χ4n) is 2.97. The van der Waals surface area contributed by atoms with Gasteiger partial charge in [-0.15, -0.1) is 0 Å². The van der Waals surface area contributed by atoms with Crippen LogP contribution in [0.5, 0.6) is 0 Å². The number of amides is 1. The Labute approximate surface area is 198 Å². The molecule has 1 aromatic heterocycles. The third-order valence-corrected chi connectivity index (χ3v) is 5.96. The van der Waals surface area contributed by atoms with Gasteiger partial charge in [-0.05, 0) is 37.1 Å². The van der Waals surface area contributed by atoms with E-state index in [1.165, 1.54) is 12.3 Å². The molecule has 1 heterocycles. The SMILES string of the molecule is NC(N)=NCCCC(C=O)NC(=O)Cn1cccc(NS(=O)(=O)c2ccccc2C(F)(F)F)c1=O. The molecule has 2 aromatic rings. The van der Waals surface area contributed by atoms with E-state index < -0.39 is 56.4 Å². The van der Waals surface area contributed by atoms with Crippen molar-refractivity contribution in [1.29, 1.82) is 0 Å². The van der Waals surface area contributed by atoms with Crippen LogP contribution in [-0.2, 0) is 32.3 Å². The molecule has 11 nitrogen and oxygen atoms in total. The molecule has 0 bridgehead atoms. The molecule has 0 saturated carbocycles. The van der Waals surface area contributed by atoms with E-state index in [1.54, 1.807) is 0 Å². The van der Waals surface area contributed by atoms with E-state index in [-0.39, 0.29) is 18.9 Å². The number of anilines is 1. The van der Waals surface area contributed by atoms with E-state index in [0.29, 0.717) is 18.8 Å². The monoisotopic (exact) mass is 516 g/mol. The van der Waals surface area contributed by atoms with Gasteiger partial charge in [-0.1, -0.05) is 12.1 Å².